The lowest BCUT2D eigenvalue weighted by atomic mass is 9.61. The minimum atomic E-state index is -1.08. The Kier molecular flexibility index (Phi) is 5.09. The smallest absolute Gasteiger partial charge is 0.404 e. The first-order valence-corrected chi connectivity index (χ1v) is 11.9. The molecule has 5 aliphatic rings. The van der Waals surface area contributed by atoms with E-state index in [1.165, 1.54) is 6.07 Å². The van der Waals surface area contributed by atoms with Gasteiger partial charge >= 0.3 is 11.9 Å². The molecular formula is C25H24N4O7. The summed E-state index contributed by atoms with van der Waals surface area (Å²) in [6.07, 6.45) is 3.89. The average Bonchev–Trinajstić information content (AvgIpc) is 3.52. The monoisotopic (exact) mass is 492 g/mol. The van der Waals surface area contributed by atoms with Crippen LogP contribution in [0.1, 0.15) is 29.7 Å². The van der Waals surface area contributed by atoms with Crippen LogP contribution in [0.2, 0.25) is 0 Å². The summed E-state index contributed by atoms with van der Waals surface area (Å²) in [7, 11) is 0. The number of nitrogens with two attached hydrogens (primary N) is 1. The molecular weight excluding hydrogens is 468 g/mol. The van der Waals surface area contributed by atoms with Gasteiger partial charge in [-0.15, -0.1) is 0 Å². The van der Waals surface area contributed by atoms with Crippen LogP contribution in [-0.4, -0.2) is 49.8 Å². The van der Waals surface area contributed by atoms with Crippen LogP contribution in [0.25, 0.3) is 5.57 Å². The fraction of sp³-hybridized carbons (Fsp3) is 0.400. The van der Waals surface area contributed by atoms with Crippen molar-refractivity contribution < 1.29 is 28.8 Å². The Morgan fingerprint density at radius 3 is 2.36 bits per heavy atom. The van der Waals surface area contributed by atoms with Gasteiger partial charge in [-0.25, -0.2) is 4.79 Å². The molecule has 2 aromatic rings. The molecule has 1 aromatic heterocycles. The molecule has 2 aliphatic carbocycles. The summed E-state index contributed by atoms with van der Waals surface area (Å²) < 4.78 is 5.44. The van der Waals surface area contributed by atoms with Gasteiger partial charge < -0.3 is 15.3 Å². The van der Waals surface area contributed by atoms with E-state index in [2.05, 4.69) is 4.90 Å². The number of hydrogen-bond donors (Lipinski definition) is 2. The number of hydrogen-bond acceptors (Lipinski definition) is 8. The quantitative estimate of drug-likeness (QED) is 0.352. The summed E-state index contributed by atoms with van der Waals surface area (Å²) in [6.45, 7) is 0.134. The SMILES string of the molecule is NC(=O)N1C(=O)C2C(C1=O)C1C=C(c3ccc(CO)cc3)C2C(C2CC2)N1Cc1ccc([N+](=O)[O-])o1. The van der Waals surface area contributed by atoms with Crippen LogP contribution < -0.4 is 5.73 Å². The van der Waals surface area contributed by atoms with Crippen molar-refractivity contribution in [2.24, 2.45) is 29.4 Å². The molecule has 5 atom stereocenters. The van der Waals surface area contributed by atoms with E-state index < -0.39 is 40.6 Å². The normalized spacial score (nSPS) is 29.4. The van der Waals surface area contributed by atoms with Crippen LogP contribution in [0.4, 0.5) is 10.7 Å². The molecule has 4 heterocycles. The van der Waals surface area contributed by atoms with Crippen LogP contribution in [0.3, 0.4) is 0 Å². The van der Waals surface area contributed by atoms with Crippen LogP contribution >= 0.6 is 0 Å². The lowest BCUT2D eigenvalue weighted by molar-refractivity contribution is -0.402. The van der Waals surface area contributed by atoms with Crippen molar-refractivity contribution in [3.8, 4) is 0 Å². The average molecular weight is 492 g/mol. The number of urea groups is 1. The molecule has 3 N–H and O–H groups in total. The lowest BCUT2D eigenvalue weighted by Crippen LogP contribution is -2.62. The Hall–Kier alpha value is -3.83. The number of carbonyl (C=O) groups excluding carboxylic acids is 3. The number of nitro groups is 1. The molecule has 0 radical (unpaired) electrons. The first-order valence-electron chi connectivity index (χ1n) is 11.9. The Bertz CT molecular complexity index is 1310. The van der Waals surface area contributed by atoms with E-state index in [9.17, 15) is 29.6 Å². The van der Waals surface area contributed by atoms with Crippen molar-refractivity contribution in [3.05, 3.63) is 69.5 Å². The second-order valence-corrected chi connectivity index (χ2v) is 9.89. The summed E-state index contributed by atoms with van der Waals surface area (Å²) in [6, 6.07) is 8.55. The number of nitrogens with zero attached hydrogens (tertiary/aromatic N) is 3. The molecule has 36 heavy (non-hydrogen) atoms. The third-order valence-corrected chi connectivity index (χ3v) is 7.96. The summed E-state index contributed by atoms with van der Waals surface area (Å²) in [5, 5.41) is 20.6. The van der Waals surface area contributed by atoms with Gasteiger partial charge in [-0.2, -0.15) is 4.90 Å². The van der Waals surface area contributed by atoms with Gasteiger partial charge in [0.1, 0.15) is 10.7 Å². The van der Waals surface area contributed by atoms with Crippen LogP contribution in [-0.2, 0) is 22.7 Å². The highest BCUT2D eigenvalue weighted by atomic mass is 16.6. The highest BCUT2D eigenvalue weighted by molar-refractivity contribution is 6.17. The van der Waals surface area contributed by atoms with Gasteiger partial charge in [0.15, 0.2) is 0 Å². The number of fused-ring (bicyclic) bond motifs is 1. The number of rotatable bonds is 6. The highest BCUT2D eigenvalue weighted by Gasteiger charge is 2.66. The molecule has 11 nitrogen and oxygen atoms in total. The first-order chi connectivity index (χ1) is 17.3. The second kappa shape index (κ2) is 8.10. The number of furan rings is 1. The van der Waals surface area contributed by atoms with Crippen molar-refractivity contribution in [1.82, 2.24) is 9.80 Å². The molecule has 5 unspecified atom stereocenters. The van der Waals surface area contributed by atoms with E-state index >= 15 is 0 Å². The molecule has 3 fully saturated rings. The van der Waals surface area contributed by atoms with Crippen LogP contribution in [0, 0.1) is 33.8 Å². The number of likely N-dealkylation sites (tertiary alicyclic amines) is 1. The number of benzene rings is 1. The summed E-state index contributed by atoms with van der Waals surface area (Å²) in [4.78, 5) is 52.0. The number of amides is 4. The van der Waals surface area contributed by atoms with Gasteiger partial charge in [-0.1, -0.05) is 30.3 Å². The van der Waals surface area contributed by atoms with Crippen molar-refractivity contribution in [1.29, 1.82) is 0 Å². The van der Waals surface area contributed by atoms with Gasteiger partial charge in [0.25, 0.3) is 0 Å². The molecule has 1 aromatic carbocycles. The standard InChI is InChI=1S/C25H24N4O7/c26-25(33)28-23(31)20-17-9-16(13-3-1-12(11-30)2-4-13)19(21(20)24(28)32)22(14-5-6-14)27(17)10-15-7-8-18(36-15)29(34)35/h1-4,7-9,14,17,19-22,30H,5-6,10-11H2,(H2,26,33). The zero-order valence-electron chi connectivity index (χ0n) is 19.1. The Morgan fingerprint density at radius 2 is 1.78 bits per heavy atom. The minimum absolute atomic E-state index is 0.0929. The number of carbonyl (C=O) groups is 3. The third kappa shape index (κ3) is 3.30. The summed E-state index contributed by atoms with van der Waals surface area (Å²) >= 11 is 0. The van der Waals surface area contributed by atoms with Gasteiger partial charge in [0.05, 0.1) is 31.1 Å². The zero-order valence-corrected chi connectivity index (χ0v) is 19.1. The van der Waals surface area contributed by atoms with E-state index in [0.29, 0.717) is 10.7 Å². The maximum Gasteiger partial charge on any atom is 0.433 e. The summed E-state index contributed by atoms with van der Waals surface area (Å²) in [5.41, 5.74) is 8.00. The van der Waals surface area contributed by atoms with Gasteiger partial charge in [0.2, 0.25) is 11.8 Å². The molecule has 186 valence electrons. The molecule has 2 saturated heterocycles. The molecule has 1 saturated carbocycles. The van der Waals surface area contributed by atoms with Crippen LogP contribution in [0.15, 0.2) is 46.9 Å². The molecule has 0 spiro atoms. The van der Waals surface area contributed by atoms with Crippen molar-refractivity contribution in [3.63, 3.8) is 0 Å². The molecule has 11 heteroatoms. The summed E-state index contributed by atoms with van der Waals surface area (Å²) in [5.74, 6) is -2.75. The van der Waals surface area contributed by atoms with Crippen LogP contribution in [0.5, 0.6) is 0 Å². The van der Waals surface area contributed by atoms with E-state index in [0.717, 1.165) is 29.5 Å². The van der Waals surface area contributed by atoms with E-state index in [4.69, 9.17) is 10.2 Å². The predicted octanol–water partition coefficient (Wildman–Crippen LogP) is 2.04. The Balaban J connectivity index is 1.46. The largest absolute Gasteiger partial charge is 0.433 e. The number of imide groups is 3. The maximum absolute atomic E-state index is 13.4. The minimum Gasteiger partial charge on any atom is -0.404 e. The molecule has 7 rings (SSSR count). The topological polar surface area (TPSA) is 160 Å². The van der Waals surface area contributed by atoms with Gasteiger partial charge in [-0.05, 0) is 41.5 Å². The Morgan fingerprint density at radius 1 is 1.08 bits per heavy atom. The molecule has 2 bridgehead atoms. The van der Waals surface area contributed by atoms with Crippen molar-refractivity contribution in [2.75, 3.05) is 0 Å². The molecule has 3 aliphatic heterocycles. The number of piperidine rings is 1. The fourth-order valence-electron chi connectivity index (χ4n) is 6.40. The maximum atomic E-state index is 13.4. The van der Waals surface area contributed by atoms with Gasteiger partial charge in [0, 0.05) is 18.0 Å². The Labute approximate surface area is 205 Å². The van der Waals surface area contributed by atoms with E-state index in [-0.39, 0.29) is 36.9 Å². The van der Waals surface area contributed by atoms with E-state index in [1.807, 2.05) is 30.3 Å². The van der Waals surface area contributed by atoms with E-state index in [1.54, 1.807) is 6.07 Å². The number of primary amides is 1. The lowest BCUT2D eigenvalue weighted by Gasteiger charge is -2.55. The second-order valence-electron chi connectivity index (χ2n) is 9.89. The van der Waals surface area contributed by atoms with Crippen molar-refractivity contribution in [2.45, 2.75) is 38.1 Å². The highest BCUT2D eigenvalue weighted by Crippen LogP contribution is 2.58. The number of aliphatic hydroxyl groups is 1. The third-order valence-electron chi connectivity index (χ3n) is 7.96. The number of aliphatic hydroxyl groups excluding tert-OH is 1. The van der Waals surface area contributed by atoms with Crippen molar-refractivity contribution >= 4 is 29.3 Å². The van der Waals surface area contributed by atoms with Gasteiger partial charge in [-0.3, -0.25) is 24.6 Å². The fourth-order valence-corrected chi connectivity index (χ4v) is 6.40. The predicted molar refractivity (Wildman–Crippen MR) is 123 cm³/mol. The zero-order chi connectivity index (χ0) is 25.3. The molecule has 4 amide bonds. The first kappa shape index (κ1) is 22.6.